The first-order valence-corrected chi connectivity index (χ1v) is 5.54. The van der Waals surface area contributed by atoms with Crippen LogP contribution in [0.1, 0.15) is 25.7 Å². The maximum absolute atomic E-state index is 9.46. The maximum Gasteiger partial charge on any atom is 0.226 e. The van der Waals surface area contributed by atoms with Crippen molar-refractivity contribution >= 4 is 5.95 Å². The fraction of sp³-hybridized carbons (Fsp3) is 0.636. The van der Waals surface area contributed by atoms with Gasteiger partial charge in [0.25, 0.3) is 0 Å². The highest BCUT2D eigenvalue weighted by Crippen LogP contribution is 2.31. The Morgan fingerprint density at radius 3 is 2.88 bits per heavy atom. The van der Waals surface area contributed by atoms with Crippen LogP contribution in [0.15, 0.2) is 12.3 Å². The molecule has 1 aromatic heterocycles. The van der Waals surface area contributed by atoms with Gasteiger partial charge in [0.05, 0.1) is 19.3 Å². The van der Waals surface area contributed by atoms with Crippen LogP contribution in [0.4, 0.5) is 5.95 Å². The van der Waals surface area contributed by atoms with E-state index in [2.05, 4.69) is 15.3 Å². The van der Waals surface area contributed by atoms with E-state index in [1.54, 1.807) is 19.4 Å². The Labute approximate surface area is 94.9 Å². The van der Waals surface area contributed by atoms with Crippen LogP contribution in [0.2, 0.25) is 0 Å². The number of aliphatic hydroxyl groups is 1. The molecule has 0 spiro atoms. The first kappa shape index (κ1) is 11.1. The van der Waals surface area contributed by atoms with Gasteiger partial charge in [-0.2, -0.15) is 4.98 Å². The fourth-order valence-electron chi connectivity index (χ4n) is 2.13. The summed E-state index contributed by atoms with van der Waals surface area (Å²) >= 11 is 0. The Balaban J connectivity index is 2.12. The zero-order valence-corrected chi connectivity index (χ0v) is 9.44. The van der Waals surface area contributed by atoms with E-state index in [0.717, 1.165) is 25.7 Å². The van der Waals surface area contributed by atoms with Crippen molar-refractivity contribution in [2.24, 2.45) is 0 Å². The highest BCUT2D eigenvalue weighted by molar-refractivity contribution is 5.32. The second kappa shape index (κ2) is 4.65. The van der Waals surface area contributed by atoms with Crippen LogP contribution in [-0.4, -0.2) is 34.3 Å². The predicted molar refractivity (Wildman–Crippen MR) is 60.5 cm³/mol. The summed E-state index contributed by atoms with van der Waals surface area (Å²) in [5.41, 5.74) is -0.244. The van der Waals surface area contributed by atoms with E-state index in [-0.39, 0.29) is 12.1 Å². The molecule has 2 rings (SSSR count). The third-order valence-electron chi connectivity index (χ3n) is 3.08. The lowest BCUT2D eigenvalue weighted by Gasteiger charge is -2.27. The topological polar surface area (TPSA) is 67.3 Å². The van der Waals surface area contributed by atoms with E-state index >= 15 is 0 Å². The molecule has 0 bridgehead atoms. The van der Waals surface area contributed by atoms with E-state index in [1.807, 2.05) is 0 Å². The van der Waals surface area contributed by atoms with Crippen molar-refractivity contribution in [2.75, 3.05) is 19.0 Å². The highest BCUT2D eigenvalue weighted by Gasteiger charge is 2.33. The summed E-state index contributed by atoms with van der Waals surface area (Å²) in [5.74, 6) is 1.05. The number of nitrogens with zero attached hydrogens (tertiary/aromatic N) is 2. The largest absolute Gasteiger partial charge is 0.481 e. The number of methoxy groups -OCH3 is 1. The molecule has 1 saturated carbocycles. The van der Waals surface area contributed by atoms with E-state index in [1.165, 1.54) is 0 Å². The van der Waals surface area contributed by atoms with Gasteiger partial charge in [-0.1, -0.05) is 12.8 Å². The molecule has 0 saturated heterocycles. The monoisotopic (exact) mass is 223 g/mol. The van der Waals surface area contributed by atoms with Crippen LogP contribution in [0, 0.1) is 0 Å². The van der Waals surface area contributed by atoms with Crippen LogP contribution in [0.25, 0.3) is 0 Å². The predicted octanol–water partition coefficient (Wildman–Crippen LogP) is 1.20. The van der Waals surface area contributed by atoms with Crippen molar-refractivity contribution in [3.63, 3.8) is 0 Å². The molecule has 1 aromatic rings. The minimum Gasteiger partial charge on any atom is -0.481 e. The van der Waals surface area contributed by atoms with E-state index in [4.69, 9.17) is 4.74 Å². The normalized spacial score (nSPS) is 18.4. The van der Waals surface area contributed by atoms with E-state index < -0.39 is 0 Å². The number of aliphatic hydroxyl groups excluding tert-OH is 1. The van der Waals surface area contributed by atoms with Crippen molar-refractivity contribution in [1.82, 2.24) is 9.97 Å². The summed E-state index contributed by atoms with van der Waals surface area (Å²) in [6.07, 6.45) is 5.84. The van der Waals surface area contributed by atoms with Crippen LogP contribution in [0.3, 0.4) is 0 Å². The zero-order valence-electron chi connectivity index (χ0n) is 9.44. The molecule has 0 radical (unpaired) electrons. The molecule has 1 fully saturated rings. The number of aromatic nitrogens is 2. The molecule has 0 unspecified atom stereocenters. The Bertz CT molecular complexity index is 351. The molecule has 1 aliphatic carbocycles. The van der Waals surface area contributed by atoms with Crippen LogP contribution in [0.5, 0.6) is 5.88 Å². The number of hydrogen-bond acceptors (Lipinski definition) is 5. The van der Waals surface area contributed by atoms with Gasteiger partial charge in [0.15, 0.2) is 0 Å². The Kier molecular flexibility index (Phi) is 3.24. The van der Waals surface area contributed by atoms with Crippen molar-refractivity contribution in [3.05, 3.63) is 12.3 Å². The van der Waals surface area contributed by atoms with E-state index in [0.29, 0.717) is 11.8 Å². The zero-order chi connectivity index (χ0) is 11.4. The van der Waals surface area contributed by atoms with Crippen molar-refractivity contribution < 1.29 is 9.84 Å². The minimum absolute atomic E-state index is 0.119. The lowest BCUT2D eigenvalue weighted by molar-refractivity contribution is 0.213. The van der Waals surface area contributed by atoms with Crippen LogP contribution < -0.4 is 10.1 Å². The van der Waals surface area contributed by atoms with Gasteiger partial charge in [0.2, 0.25) is 11.8 Å². The summed E-state index contributed by atoms with van der Waals surface area (Å²) < 4.78 is 5.03. The Morgan fingerprint density at radius 2 is 2.25 bits per heavy atom. The van der Waals surface area contributed by atoms with Crippen LogP contribution >= 0.6 is 0 Å². The molecule has 0 amide bonds. The van der Waals surface area contributed by atoms with Gasteiger partial charge in [-0.25, -0.2) is 4.98 Å². The standard InChI is InChI=1S/C11H17N3O2/c1-16-9-4-7-12-10(13-9)14-11(8-15)5-2-3-6-11/h4,7,15H,2-3,5-6,8H2,1H3,(H,12,13,14). The average Bonchev–Trinajstić information content (AvgIpc) is 2.78. The molecule has 0 aromatic carbocycles. The maximum atomic E-state index is 9.46. The number of nitrogens with one attached hydrogen (secondary N) is 1. The van der Waals surface area contributed by atoms with Gasteiger partial charge in [-0.3, -0.25) is 0 Å². The summed E-state index contributed by atoms with van der Waals surface area (Å²) in [6, 6.07) is 1.70. The van der Waals surface area contributed by atoms with Gasteiger partial charge >= 0.3 is 0 Å². The van der Waals surface area contributed by atoms with Crippen molar-refractivity contribution in [3.8, 4) is 5.88 Å². The molecule has 1 heterocycles. The third kappa shape index (κ3) is 2.24. The number of ether oxygens (including phenoxy) is 1. The minimum atomic E-state index is -0.244. The fourth-order valence-corrected chi connectivity index (χ4v) is 2.13. The SMILES string of the molecule is COc1ccnc(NC2(CO)CCCC2)n1. The van der Waals surface area contributed by atoms with E-state index in [9.17, 15) is 5.11 Å². The third-order valence-corrected chi connectivity index (χ3v) is 3.08. The van der Waals surface area contributed by atoms with Gasteiger partial charge in [0.1, 0.15) is 0 Å². The smallest absolute Gasteiger partial charge is 0.226 e. The van der Waals surface area contributed by atoms with Gasteiger partial charge in [0, 0.05) is 12.3 Å². The van der Waals surface area contributed by atoms with Gasteiger partial charge in [-0.15, -0.1) is 0 Å². The molecular weight excluding hydrogens is 206 g/mol. The molecule has 1 aliphatic rings. The average molecular weight is 223 g/mol. The summed E-state index contributed by atoms with van der Waals surface area (Å²) in [6.45, 7) is 0.119. The van der Waals surface area contributed by atoms with Gasteiger partial charge < -0.3 is 15.2 Å². The molecule has 5 heteroatoms. The lowest BCUT2D eigenvalue weighted by atomic mass is 9.99. The van der Waals surface area contributed by atoms with Gasteiger partial charge in [-0.05, 0) is 12.8 Å². The first-order chi connectivity index (χ1) is 7.78. The number of hydrogen-bond donors (Lipinski definition) is 2. The number of anilines is 1. The van der Waals surface area contributed by atoms with Crippen LogP contribution in [-0.2, 0) is 0 Å². The summed E-state index contributed by atoms with van der Waals surface area (Å²) in [4.78, 5) is 8.32. The Morgan fingerprint density at radius 1 is 1.50 bits per heavy atom. The second-order valence-corrected chi connectivity index (χ2v) is 4.19. The lowest BCUT2D eigenvalue weighted by Crippen LogP contribution is -2.39. The first-order valence-electron chi connectivity index (χ1n) is 5.54. The summed E-state index contributed by atoms with van der Waals surface area (Å²) in [5, 5.41) is 12.7. The molecular formula is C11H17N3O2. The molecule has 0 atom stereocenters. The summed E-state index contributed by atoms with van der Waals surface area (Å²) in [7, 11) is 1.57. The molecule has 16 heavy (non-hydrogen) atoms. The Hall–Kier alpha value is -1.36. The van der Waals surface area contributed by atoms with Crippen molar-refractivity contribution in [2.45, 2.75) is 31.2 Å². The molecule has 0 aliphatic heterocycles. The second-order valence-electron chi connectivity index (χ2n) is 4.19. The van der Waals surface area contributed by atoms with Crippen molar-refractivity contribution in [1.29, 1.82) is 0 Å². The molecule has 5 nitrogen and oxygen atoms in total. The number of rotatable bonds is 4. The molecule has 2 N–H and O–H groups in total. The quantitative estimate of drug-likeness (QED) is 0.803. The highest BCUT2D eigenvalue weighted by atomic mass is 16.5. The molecule has 88 valence electrons.